The van der Waals surface area contributed by atoms with Crippen molar-refractivity contribution in [2.24, 2.45) is 0 Å². The molecule has 0 unspecified atom stereocenters. The average Bonchev–Trinajstić information content (AvgIpc) is 3.22. The number of alkyl halides is 2. The average molecular weight is 368 g/mol. The third-order valence-electron chi connectivity index (χ3n) is 4.14. The Hall–Kier alpha value is -2.85. The molecule has 11 heteroatoms. The van der Waals surface area contributed by atoms with Crippen LogP contribution in [0.5, 0.6) is 0 Å². The first-order chi connectivity index (χ1) is 12.3. The van der Waals surface area contributed by atoms with E-state index in [1.54, 1.807) is 6.92 Å². The first-order valence-corrected chi connectivity index (χ1v) is 8.16. The van der Waals surface area contributed by atoms with Crippen LogP contribution in [0.2, 0.25) is 0 Å². The van der Waals surface area contributed by atoms with Crippen molar-refractivity contribution in [2.45, 2.75) is 45.2 Å². The van der Waals surface area contributed by atoms with E-state index in [1.165, 1.54) is 21.5 Å². The Bertz CT molecular complexity index is 827. The maximum Gasteiger partial charge on any atom is 0.390 e. The molecule has 1 fully saturated rings. The molecule has 2 aromatic rings. The molecule has 3 rings (SSSR count). The highest BCUT2D eigenvalue weighted by Crippen LogP contribution is 2.41. The lowest BCUT2D eigenvalue weighted by Crippen LogP contribution is -2.31. The minimum absolute atomic E-state index is 0.142. The number of hydrogen-bond donors (Lipinski definition) is 1. The fourth-order valence-corrected chi connectivity index (χ4v) is 2.69. The van der Waals surface area contributed by atoms with Crippen LogP contribution in [0.3, 0.4) is 0 Å². The van der Waals surface area contributed by atoms with Crippen molar-refractivity contribution in [2.75, 3.05) is 6.54 Å². The summed E-state index contributed by atoms with van der Waals surface area (Å²) >= 11 is 0. The highest BCUT2D eigenvalue weighted by atomic mass is 19.3. The Morgan fingerprint density at radius 1 is 1.38 bits per heavy atom. The van der Waals surface area contributed by atoms with Crippen molar-refractivity contribution in [1.29, 1.82) is 0 Å². The van der Waals surface area contributed by atoms with Gasteiger partial charge in [-0.2, -0.15) is 9.78 Å². The van der Waals surface area contributed by atoms with Crippen LogP contribution in [0.25, 0.3) is 0 Å². The van der Waals surface area contributed by atoms with Crippen molar-refractivity contribution in [3.8, 4) is 0 Å². The van der Waals surface area contributed by atoms with Crippen LogP contribution in [-0.4, -0.2) is 36.9 Å². The number of nitrogens with one attached hydrogen (secondary N) is 1. The number of carbonyl (C=O) groups is 1. The van der Waals surface area contributed by atoms with Gasteiger partial charge in [-0.15, -0.1) is 0 Å². The molecule has 2 aromatic heterocycles. The van der Waals surface area contributed by atoms with Crippen molar-refractivity contribution in [1.82, 2.24) is 24.9 Å². The number of carbonyl (C=O) groups excluding carboxylic acids is 1. The Balaban J connectivity index is 1.55. The van der Waals surface area contributed by atoms with Crippen LogP contribution in [0.1, 0.15) is 42.3 Å². The molecule has 0 atom stereocenters. The number of rotatable bonds is 8. The summed E-state index contributed by atoms with van der Waals surface area (Å²) in [6.45, 7) is 2.01. The fourth-order valence-electron chi connectivity index (χ4n) is 2.69. The summed E-state index contributed by atoms with van der Waals surface area (Å²) in [5.74, 6) is -0.427. The Labute approximate surface area is 147 Å². The van der Waals surface area contributed by atoms with Crippen LogP contribution in [-0.2, 0) is 17.9 Å². The standard InChI is InChI=1S/C15H18F2N6O3/c1-9-6-13(23(25)26)20-21(9)5-4-18-14(24)8-22-12(10-2-3-10)7-11(19-22)15(16)17/h6-7,10,15H,2-5,8H2,1H3,(H,18,24). The quantitative estimate of drug-likeness (QED) is 0.566. The van der Waals surface area contributed by atoms with Crippen molar-refractivity contribution in [3.63, 3.8) is 0 Å². The SMILES string of the molecule is Cc1cc([N+](=O)[O-])nn1CCNC(=O)Cn1nc(C(F)F)cc1C1CC1. The molecule has 9 nitrogen and oxygen atoms in total. The molecule has 2 heterocycles. The van der Waals surface area contributed by atoms with Gasteiger partial charge in [0.05, 0.1) is 23.4 Å². The number of aryl methyl sites for hydroxylation is 1. The predicted octanol–water partition coefficient (Wildman–Crippen LogP) is 1.93. The first kappa shape index (κ1) is 18.0. The lowest BCUT2D eigenvalue weighted by Gasteiger charge is -2.08. The number of hydrogen-bond acceptors (Lipinski definition) is 5. The molecule has 0 radical (unpaired) electrons. The first-order valence-electron chi connectivity index (χ1n) is 8.16. The zero-order chi connectivity index (χ0) is 18.8. The molecule has 140 valence electrons. The van der Waals surface area contributed by atoms with E-state index < -0.39 is 11.3 Å². The topological polar surface area (TPSA) is 108 Å². The summed E-state index contributed by atoms with van der Waals surface area (Å²) in [6.07, 6.45) is -0.851. The molecule has 0 spiro atoms. The smallest absolute Gasteiger partial charge is 0.358 e. The van der Waals surface area contributed by atoms with Crippen LogP contribution in [0.4, 0.5) is 14.6 Å². The maximum atomic E-state index is 12.8. The summed E-state index contributed by atoms with van der Waals surface area (Å²) in [5.41, 5.74) is 0.948. The molecule has 1 saturated carbocycles. The number of nitrogens with zero attached hydrogens (tertiary/aromatic N) is 5. The lowest BCUT2D eigenvalue weighted by atomic mass is 10.2. The third-order valence-corrected chi connectivity index (χ3v) is 4.14. The molecule has 1 N–H and O–H groups in total. The second-order valence-electron chi connectivity index (χ2n) is 6.20. The van der Waals surface area contributed by atoms with Gasteiger partial charge in [-0.1, -0.05) is 0 Å². The van der Waals surface area contributed by atoms with Crippen LogP contribution < -0.4 is 5.32 Å². The van der Waals surface area contributed by atoms with Gasteiger partial charge in [0.15, 0.2) is 0 Å². The van der Waals surface area contributed by atoms with Gasteiger partial charge in [-0.25, -0.2) is 8.78 Å². The molecule has 26 heavy (non-hydrogen) atoms. The van der Waals surface area contributed by atoms with E-state index in [0.717, 1.165) is 12.8 Å². The minimum atomic E-state index is -2.67. The molecule has 1 aliphatic carbocycles. The van der Waals surface area contributed by atoms with Crippen LogP contribution in [0.15, 0.2) is 12.1 Å². The van der Waals surface area contributed by atoms with Gasteiger partial charge >= 0.3 is 5.82 Å². The van der Waals surface area contributed by atoms with Crippen molar-refractivity contribution >= 4 is 11.7 Å². The molecule has 1 amide bonds. The highest BCUT2D eigenvalue weighted by molar-refractivity contribution is 5.75. The second kappa shape index (κ2) is 7.18. The summed E-state index contributed by atoms with van der Waals surface area (Å²) in [4.78, 5) is 22.2. The maximum absolute atomic E-state index is 12.8. The van der Waals surface area contributed by atoms with Gasteiger partial charge in [0, 0.05) is 18.2 Å². The number of amides is 1. The molecule has 0 bridgehead atoms. The molecule has 0 aromatic carbocycles. The highest BCUT2D eigenvalue weighted by Gasteiger charge is 2.30. The van der Waals surface area contributed by atoms with Gasteiger partial charge in [-0.05, 0) is 30.8 Å². The number of nitro groups is 1. The summed E-state index contributed by atoms with van der Waals surface area (Å²) < 4.78 is 28.4. The van der Waals surface area contributed by atoms with Gasteiger partial charge in [0.1, 0.15) is 12.2 Å². The van der Waals surface area contributed by atoms with Gasteiger partial charge in [-0.3, -0.25) is 9.48 Å². The Morgan fingerprint density at radius 2 is 2.12 bits per heavy atom. The molecule has 1 aliphatic rings. The van der Waals surface area contributed by atoms with Crippen LogP contribution >= 0.6 is 0 Å². The largest absolute Gasteiger partial charge is 0.390 e. The van der Waals surface area contributed by atoms with Crippen LogP contribution in [0, 0.1) is 17.0 Å². The van der Waals surface area contributed by atoms with E-state index >= 15 is 0 Å². The van der Waals surface area contributed by atoms with E-state index in [0.29, 0.717) is 11.4 Å². The summed E-state index contributed by atoms with van der Waals surface area (Å²) in [5, 5.41) is 21.0. The molecular formula is C15H18F2N6O3. The summed E-state index contributed by atoms with van der Waals surface area (Å²) in [7, 11) is 0. The molecule has 0 saturated heterocycles. The molecular weight excluding hydrogens is 350 g/mol. The van der Waals surface area contributed by atoms with E-state index in [-0.39, 0.29) is 43.0 Å². The second-order valence-corrected chi connectivity index (χ2v) is 6.20. The lowest BCUT2D eigenvalue weighted by molar-refractivity contribution is -0.389. The number of aromatic nitrogens is 4. The normalized spacial score (nSPS) is 14.0. The van der Waals surface area contributed by atoms with Gasteiger partial charge < -0.3 is 15.4 Å². The van der Waals surface area contributed by atoms with E-state index in [2.05, 4.69) is 15.5 Å². The predicted molar refractivity (Wildman–Crippen MR) is 85.8 cm³/mol. The molecule has 0 aliphatic heterocycles. The fraction of sp³-hybridized carbons (Fsp3) is 0.533. The zero-order valence-electron chi connectivity index (χ0n) is 14.1. The van der Waals surface area contributed by atoms with E-state index in [4.69, 9.17) is 0 Å². The van der Waals surface area contributed by atoms with Gasteiger partial charge in [0.2, 0.25) is 5.91 Å². The Morgan fingerprint density at radius 3 is 2.69 bits per heavy atom. The Kier molecular flexibility index (Phi) is 4.96. The zero-order valence-corrected chi connectivity index (χ0v) is 14.1. The third kappa shape index (κ3) is 4.03. The van der Waals surface area contributed by atoms with E-state index in [9.17, 15) is 23.7 Å². The monoisotopic (exact) mass is 368 g/mol. The van der Waals surface area contributed by atoms with E-state index in [1.807, 2.05) is 0 Å². The minimum Gasteiger partial charge on any atom is -0.358 e. The summed E-state index contributed by atoms with van der Waals surface area (Å²) in [6, 6.07) is 2.71. The number of halogens is 2. The van der Waals surface area contributed by atoms with Gasteiger partial charge in [0.25, 0.3) is 6.43 Å². The van der Waals surface area contributed by atoms with Crippen molar-refractivity contribution < 1.29 is 18.5 Å². The van der Waals surface area contributed by atoms with Crippen molar-refractivity contribution in [3.05, 3.63) is 39.3 Å².